The van der Waals surface area contributed by atoms with Gasteiger partial charge in [-0.25, -0.2) is 4.39 Å². The second-order valence-corrected chi connectivity index (χ2v) is 5.47. The van der Waals surface area contributed by atoms with E-state index in [-0.39, 0.29) is 5.82 Å². The van der Waals surface area contributed by atoms with Crippen LogP contribution >= 0.6 is 0 Å². The summed E-state index contributed by atoms with van der Waals surface area (Å²) in [5.41, 5.74) is 1.43. The van der Waals surface area contributed by atoms with E-state index in [0.717, 1.165) is 12.1 Å². The van der Waals surface area contributed by atoms with Crippen LogP contribution in [0.4, 0.5) is 4.39 Å². The molecule has 1 N–H and O–H groups in total. The van der Waals surface area contributed by atoms with Gasteiger partial charge in [-0.05, 0) is 48.9 Å². The molecule has 0 radical (unpaired) electrons. The molecule has 0 aromatic heterocycles. The van der Waals surface area contributed by atoms with Crippen molar-refractivity contribution in [3.05, 3.63) is 35.6 Å². The monoisotopic (exact) mass is 249 g/mol. The van der Waals surface area contributed by atoms with Crippen LogP contribution in [0.2, 0.25) is 0 Å². The Morgan fingerprint density at radius 2 is 2.00 bits per heavy atom. The Balaban J connectivity index is 2.32. The van der Waals surface area contributed by atoms with Crippen molar-refractivity contribution < 1.29 is 4.39 Å². The Morgan fingerprint density at radius 1 is 1.28 bits per heavy atom. The minimum Gasteiger partial charge on any atom is -0.310 e. The molecule has 0 aliphatic heterocycles. The van der Waals surface area contributed by atoms with Crippen LogP contribution in [0, 0.1) is 11.2 Å². The quantitative estimate of drug-likeness (QED) is 0.813. The summed E-state index contributed by atoms with van der Waals surface area (Å²) < 4.78 is 13.5. The van der Waals surface area contributed by atoms with Gasteiger partial charge in [-0.3, -0.25) is 0 Å². The fourth-order valence-electron chi connectivity index (χ4n) is 3.50. The van der Waals surface area contributed by atoms with Gasteiger partial charge in [-0.1, -0.05) is 38.8 Å². The molecule has 1 atom stereocenters. The maximum absolute atomic E-state index is 13.5. The third-order valence-electron chi connectivity index (χ3n) is 4.51. The molecule has 2 heteroatoms. The van der Waals surface area contributed by atoms with Crippen LogP contribution in [0.1, 0.15) is 57.6 Å². The van der Waals surface area contributed by atoms with Crippen molar-refractivity contribution in [2.75, 3.05) is 6.54 Å². The molecule has 100 valence electrons. The van der Waals surface area contributed by atoms with Crippen LogP contribution in [0.3, 0.4) is 0 Å². The minimum atomic E-state index is -0.125. The van der Waals surface area contributed by atoms with E-state index < -0.39 is 0 Å². The highest BCUT2D eigenvalue weighted by molar-refractivity contribution is 5.23. The average molecular weight is 249 g/mol. The lowest BCUT2D eigenvalue weighted by molar-refractivity contribution is 0.189. The molecule has 0 heterocycles. The summed E-state index contributed by atoms with van der Waals surface area (Å²) in [6.45, 7) is 5.34. The first kappa shape index (κ1) is 13.5. The van der Waals surface area contributed by atoms with Crippen LogP contribution in [-0.4, -0.2) is 6.54 Å². The standard InChI is InChI=1S/C16H24FN/c1-3-16(10-5-6-11-16)15(18-4-2)13-8-7-9-14(17)12-13/h7-9,12,15,18H,3-6,10-11H2,1-2H3. The van der Waals surface area contributed by atoms with E-state index in [2.05, 4.69) is 25.2 Å². The van der Waals surface area contributed by atoms with Crippen molar-refractivity contribution >= 4 is 0 Å². The number of benzene rings is 1. The van der Waals surface area contributed by atoms with Crippen LogP contribution < -0.4 is 5.32 Å². The molecular formula is C16H24FN. The van der Waals surface area contributed by atoms with Crippen LogP contribution in [-0.2, 0) is 0 Å². The van der Waals surface area contributed by atoms with Crippen molar-refractivity contribution in [3.63, 3.8) is 0 Å². The van der Waals surface area contributed by atoms with Gasteiger partial charge in [0.1, 0.15) is 5.82 Å². The number of rotatable bonds is 5. The highest BCUT2D eigenvalue weighted by atomic mass is 19.1. The number of hydrogen-bond donors (Lipinski definition) is 1. The first-order valence-corrected chi connectivity index (χ1v) is 7.20. The predicted molar refractivity (Wildman–Crippen MR) is 74.0 cm³/mol. The molecular weight excluding hydrogens is 225 g/mol. The topological polar surface area (TPSA) is 12.0 Å². The Hall–Kier alpha value is -0.890. The molecule has 0 saturated heterocycles. The van der Waals surface area contributed by atoms with E-state index in [0.29, 0.717) is 11.5 Å². The first-order valence-electron chi connectivity index (χ1n) is 7.20. The molecule has 1 fully saturated rings. The maximum Gasteiger partial charge on any atom is 0.123 e. The van der Waals surface area contributed by atoms with Crippen molar-refractivity contribution in [1.82, 2.24) is 5.32 Å². The summed E-state index contributed by atoms with van der Waals surface area (Å²) in [6.07, 6.45) is 6.31. The lowest BCUT2D eigenvalue weighted by Crippen LogP contribution is -2.36. The van der Waals surface area contributed by atoms with Gasteiger partial charge < -0.3 is 5.32 Å². The summed E-state index contributed by atoms with van der Waals surface area (Å²) in [5.74, 6) is -0.125. The van der Waals surface area contributed by atoms with Gasteiger partial charge in [0, 0.05) is 6.04 Å². The molecule has 2 rings (SSSR count). The zero-order valence-corrected chi connectivity index (χ0v) is 11.5. The van der Waals surface area contributed by atoms with E-state index in [1.807, 2.05) is 6.07 Å². The van der Waals surface area contributed by atoms with Gasteiger partial charge in [0.2, 0.25) is 0 Å². The molecule has 0 amide bonds. The second-order valence-electron chi connectivity index (χ2n) is 5.47. The molecule has 1 aromatic rings. The fourth-order valence-corrected chi connectivity index (χ4v) is 3.50. The first-order chi connectivity index (χ1) is 8.72. The molecule has 1 aliphatic carbocycles. The van der Waals surface area contributed by atoms with E-state index in [1.165, 1.54) is 38.2 Å². The molecule has 1 aliphatic rings. The van der Waals surface area contributed by atoms with Crippen molar-refractivity contribution in [1.29, 1.82) is 0 Å². The highest BCUT2D eigenvalue weighted by Gasteiger charge is 2.40. The molecule has 18 heavy (non-hydrogen) atoms. The van der Waals surface area contributed by atoms with Gasteiger partial charge in [0.25, 0.3) is 0 Å². The molecule has 1 aromatic carbocycles. The Labute approximate surface area is 110 Å². The van der Waals surface area contributed by atoms with Crippen LogP contribution in [0.5, 0.6) is 0 Å². The smallest absolute Gasteiger partial charge is 0.123 e. The second kappa shape index (κ2) is 5.83. The highest BCUT2D eigenvalue weighted by Crippen LogP contribution is 2.50. The molecule has 0 spiro atoms. The van der Waals surface area contributed by atoms with Crippen LogP contribution in [0.25, 0.3) is 0 Å². The van der Waals surface area contributed by atoms with Crippen molar-refractivity contribution in [2.24, 2.45) is 5.41 Å². The summed E-state index contributed by atoms with van der Waals surface area (Å²) >= 11 is 0. The third-order valence-corrected chi connectivity index (χ3v) is 4.51. The maximum atomic E-state index is 13.5. The van der Waals surface area contributed by atoms with Gasteiger partial charge in [-0.15, -0.1) is 0 Å². The van der Waals surface area contributed by atoms with Gasteiger partial charge in [-0.2, -0.15) is 0 Å². The zero-order valence-electron chi connectivity index (χ0n) is 11.5. The van der Waals surface area contributed by atoms with Gasteiger partial charge in [0.15, 0.2) is 0 Å². The summed E-state index contributed by atoms with van der Waals surface area (Å²) in [7, 11) is 0. The summed E-state index contributed by atoms with van der Waals surface area (Å²) in [5, 5.41) is 3.59. The predicted octanol–water partition coefficient (Wildman–Crippen LogP) is 4.45. The SMILES string of the molecule is CCNC(c1cccc(F)c1)C1(CC)CCCC1. The van der Waals surface area contributed by atoms with E-state index >= 15 is 0 Å². The lowest BCUT2D eigenvalue weighted by atomic mass is 9.73. The average Bonchev–Trinajstić information content (AvgIpc) is 2.85. The van der Waals surface area contributed by atoms with E-state index in [9.17, 15) is 4.39 Å². The molecule has 1 saturated carbocycles. The zero-order chi connectivity index (χ0) is 13.0. The third kappa shape index (κ3) is 2.59. The number of nitrogens with one attached hydrogen (secondary N) is 1. The van der Waals surface area contributed by atoms with E-state index in [4.69, 9.17) is 0 Å². The van der Waals surface area contributed by atoms with Crippen LogP contribution in [0.15, 0.2) is 24.3 Å². The van der Waals surface area contributed by atoms with Gasteiger partial charge >= 0.3 is 0 Å². The Kier molecular flexibility index (Phi) is 4.39. The molecule has 1 unspecified atom stereocenters. The van der Waals surface area contributed by atoms with Crippen molar-refractivity contribution in [2.45, 2.75) is 52.0 Å². The normalized spacial score (nSPS) is 19.9. The molecule has 1 nitrogen and oxygen atoms in total. The summed E-state index contributed by atoms with van der Waals surface area (Å²) in [4.78, 5) is 0. The molecule has 0 bridgehead atoms. The number of halogens is 1. The fraction of sp³-hybridized carbons (Fsp3) is 0.625. The van der Waals surface area contributed by atoms with E-state index in [1.54, 1.807) is 6.07 Å². The lowest BCUT2D eigenvalue weighted by Gasteiger charge is -2.38. The minimum absolute atomic E-state index is 0.125. The Bertz CT molecular complexity index is 382. The Morgan fingerprint density at radius 3 is 2.56 bits per heavy atom. The number of hydrogen-bond acceptors (Lipinski definition) is 1. The summed E-state index contributed by atoms with van der Waals surface area (Å²) in [6, 6.07) is 7.41. The van der Waals surface area contributed by atoms with Crippen molar-refractivity contribution in [3.8, 4) is 0 Å². The largest absolute Gasteiger partial charge is 0.310 e. The van der Waals surface area contributed by atoms with Gasteiger partial charge in [0.05, 0.1) is 0 Å².